The second-order valence-corrected chi connectivity index (χ2v) is 3.46. The van der Waals surface area contributed by atoms with Crippen molar-refractivity contribution in [3.05, 3.63) is 23.8 Å². The van der Waals surface area contributed by atoms with Gasteiger partial charge in [-0.2, -0.15) is 4.39 Å². The van der Waals surface area contributed by atoms with E-state index in [0.29, 0.717) is 17.8 Å². The summed E-state index contributed by atoms with van der Waals surface area (Å²) in [6, 6.07) is 2.83. The van der Waals surface area contributed by atoms with E-state index in [4.69, 9.17) is 9.52 Å². The van der Waals surface area contributed by atoms with Gasteiger partial charge in [0.25, 0.3) is 0 Å². The number of phenols is 1. The van der Waals surface area contributed by atoms with Crippen molar-refractivity contribution in [3.8, 4) is 5.75 Å². The maximum atomic E-state index is 13.4. The van der Waals surface area contributed by atoms with Gasteiger partial charge in [0.05, 0.1) is 0 Å². The zero-order valence-electron chi connectivity index (χ0n) is 8.46. The number of phenolic OH excluding ortho intramolecular Hbond substituents is 1. The number of aromatic hydroxyl groups is 1. The number of nitrogens with zero attached hydrogens (tertiary/aromatic N) is 1. The standard InChI is InChI=1S/C11H12FNO2/c1-2-3-4-9-13-7-5-6-8(14)10(12)11(7)15-9/h5-6,14H,2-4H2,1H3. The third kappa shape index (κ3) is 1.79. The predicted octanol–water partition coefficient (Wildman–Crippen LogP) is 3.02. The van der Waals surface area contributed by atoms with Crippen molar-refractivity contribution in [1.82, 2.24) is 4.98 Å². The van der Waals surface area contributed by atoms with Crippen molar-refractivity contribution in [2.75, 3.05) is 0 Å². The first-order chi connectivity index (χ1) is 7.22. The van der Waals surface area contributed by atoms with Crippen LogP contribution in [0.5, 0.6) is 5.75 Å². The Balaban J connectivity index is 2.42. The average Bonchev–Trinajstić information content (AvgIpc) is 2.64. The molecule has 80 valence electrons. The SMILES string of the molecule is CCCCc1nc2ccc(O)c(F)c2o1. The Morgan fingerprint density at radius 2 is 2.27 bits per heavy atom. The molecular weight excluding hydrogens is 197 g/mol. The predicted molar refractivity (Wildman–Crippen MR) is 54.2 cm³/mol. The Bertz CT molecular complexity index is 479. The van der Waals surface area contributed by atoms with Gasteiger partial charge in [-0.3, -0.25) is 0 Å². The third-order valence-corrected chi connectivity index (χ3v) is 2.27. The number of rotatable bonds is 3. The number of aryl methyl sites for hydroxylation is 1. The van der Waals surface area contributed by atoms with Crippen molar-refractivity contribution < 1.29 is 13.9 Å². The van der Waals surface area contributed by atoms with E-state index in [1.165, 1.54) is 6.07 Å². The largest absolute Gasteiger partial charge is 0.505 e. The summed E-state index contributed by atoms with van der Waals surface area (Å²) in [5.74, 6) is -0.611. The van der Waals surface area contributed by atoms with Gasteiger partial charge in [-0.25, -0.2) is 4.98 Å². The highest BCUT2D eigenvalue weighted by Gasteiger charge is 2.12. The first-order valence-corrected chi connectivity index (χ1v) is 4.99. The lowest BCUT2D eigenvalue weighted by molar-refractivity contribution is 0.425. The van der Waals surface area contributed by atoms with E-state index in [1.807, 2.05) is 0 Å². The molecule has 15 heavy (non-hydrogen) atoms. The van der Waals surface area contributed by atoms with E-state index in [9.17, 15) is 4.39 Å². The van der Waals surface area contributed by atoms with E-state index in [1.54, 1.807) is 6.07 Å². The van der Waals surface area contributed by atoms with E-state index in [-0.39, 0.29) is 5.58 Å². The fraction of sp³-hybridized carbons (Fsp3) is 0.364. The van der Waals surface area contributed by atoms with Crippen LogP contribution in [0.15, 0.2) is 16.5 Å². The molecule has 0 aliphatic rings. The molecule has 0 atom stereocenters. The van der Waals surface area contributed by atoms with Crippen molar-refractivity contribution >= 4 is 11.1 Å². The molecule has 2 rings (SSSR count). The molecule has 1 aromatic heterocycles. The highest BCUT2D eigenvalue weighted by molar-refractivity contribution is 5.75. The number of unbranched alkanes of at least 4 members (excludes halogenated alkanes) is 1. The van der Waals surface area contributed by atoms with Gasteiger partial charge in [0.1, 0.15) is 5.52 Å². The number of aromatic nitrogens is 1. The molecule has 1 N–H and O–H groups in total. The molecule has 4 heteroatoms. The minimum absolute atomic E-state index is 0.0427. The zero-order valence-corrected chi connectivity index (χ0v) is 8.46. The summed E-state index contributed by atoms with van der Waals surface area (Å²) in [7, 11) is 0. The van der Waals surface area contributed by atoms with Crippen LogP contribution in [-0.4, -0.2) is 10.1 Å². The first kappa shape index (κ1) is 9.96. The molecule has 0 aliphatic carbocycles. The lowest BCUT2D eigenvalue weighted by atomic mass is 10.2. The Hall–Kier alpha value is -1.58. The Kier molecular flexibility index (Phi) is 2.58. The molecule has 3 nitrogen and oxygen atoms in total. The summed E-state index contributed by atoms with van der Waals surface area (Å²) in [4.78, 5) is 4.13. The fourth-order valence-electron chi connectivity index (χ4n) is 1.43. The van der Waals surface area contributed by atoms with Crippen LogP contribution in [0.25, 0.3) is 11.1 Å². The topological polar surface area (TPSA) is 46.3 Å². The third-order valence-electron chi connectivity index (χ3n) is 2.27. The monoisotopic (exact) mass is 209 g/mol. The smallest absolute Gasteiger partial charge is 0.209 e. The number of halogens is 1. The normalized spacial score (nSPS) is 11.1. The van der Waals surface area contributed by atoms with Crippen molar-refractivity contribution in [3.63, 3.8) is 0 Å². The van der Waals surface area contributed by atoms with Crippen LogP contribution >= 0.6 is 0 Å². The molecule has 0 unspecified atom stereocenters. The quantitative estimate of drug-likeness (QED) is 0.845. The van der Waals surface area contributed by atoms with Gasteiger partial charge in [0, 0.05) is 6.42 Å². The van der Waals surface area contributed by atoms with Crippen molar-refractivity contribution in [2.24, 2.45) is 0 Å². The summed E-state index contributed by atoms with van der Waals surface area (Å²) in [6.45, 7) is 2.06. The summed E-state index contributed by atoms with van der Waals surface area (Å²) in [5.41, 5.74) is 0.498. The van der Waals surface area contributed by atoms with Gasteiger partial charge in [-0.1, -0.05) is 13.3 Å². The van der Waals surface area contributed by atoms with Crippen molar-refractivity contribution in [2.45, 2.75) is 26.2 Å². The molecular formula is C11H12FNO2. The molecule has 0 amide bonds. The van der Waals surface area contributed by atoms with Crippen molar-refractivity contribution in [1.29, 1.82) is 0 Å². The summed E-state index contributed by atoms with van der Waals surface area (Å²) in [6.07, 6.45) is 2.69. The summed E-state index contributed by atoms with van der Waals surface area (Å²) in [5, 5.41) is 9.14. The highest BCUT2D eigenvalue weighted by atomic mass is 19.1. The second-order valence-electron chi connectivity index (χ2n) is 3.46. The van der Waals surface area contributed by atoms with E-state index < -0.39 is 11.6 Å². The van der Waals surface area contributed by atoms with Crippen LogP contribution in [0, 0.1) is 5.82 Å². The van der Waals surface area contributed by atoms with Gasteiger partial charge < -0.3 is 9.52 Å². The molecule has 0 radical (unpaired) electrons. The minimum atomic E-state index is -0.734. The Morgan fingerprint density at radius 3 is 3.00 bits per heavy atom. The highest BCUT2D eigenvalue weighted by Crippen LogP contribution is 2.26. The lowest BCUT2D eigenvalue weighted by Gasteiger charge is -1.92. The molecule has 0 saturated carbocycles. The number of hydrogen-bond acceptors (Lipinski definition) is 3. The van der Waals surface area contributed by atoms with Gasteiger partial charge in [0.15, 0.2) is 17.2 Å². The van der Waals surface area contributed by atoms with Crippen LogP contribution in [0.1, 0.15) is 25.7 Å². The van der Waals surface area contributed by atoms with Gasteiger partial charge in [-0.15, -0.1) is 0 Å². The number of oxazole rings is 1. The summed E-state index contributed by atoms with van der Waals surface area (Å²) >= 11 is 0. The van der Waals surface area contributed by atoms with Crippen LogP contribution in [0.4, 0.5) is 4.39 Å². The van der Waals surface area contributed by atoms with Crippen LogP contribution < -0.4 is 0 Å². The lowest BCUT2D eigenvalue weighted by Crippen LogP contribution is -1.82. The van der Waals surface area contributed by atoms with Crippen LogP contribution in [0.3, 0.4) is 0 Å². The molecule has 2 aromatic rings. The fourth-order valence-corrected chi connectivity index (χ4v) is 1.43. The summed E-state index contributed by atoms with van der Waals surface area (Å²) < 4.78 is 18.6. The van der Waals surface area contributed by atoms with Crippen LogP contribution in [-0.2, 0) is 6.42 Å². The number of fused-ring (bicyclic) bond motifs is 1. The Morgan fingerprint density at radius 1 is 1.47 bits per heavy atom. The molecule has 0 fully saturated rings. The van der Waals surface area contributed by atoms with Gasteiger partial charge >= 0.3 is 0 Å². The minimum Gasteiger partial charge on any atom is -0.505 e. The molecule has 0 aliphatic heterocycles. The average molecular weight is 209 g/mol. The van der Waals surface area contributed by atoms with E-state index in [0.717, 1.165) is 12.8 Å². The first-order valence-electron chi connectivity index (χ1n) is 4.99. The zero-order chi connectivity index (χ0) is 10.8. The van der Waals surface area contributed by atoms with E-state index in [2.05, 4.69) is 11.9 Å². The number of benzene rings is 1. The Labute approximate surface area is 86.5 Å². The maximum Gasteiger partial charge on any atom is 0.209 e. The number of hydrogen-bond donors (Lipinski definition) is 1. The molecule has 0 spiro atoms. The molecule has 0 bridgehead atoms. The van der Waals surface area contributed by atoms with E-state index >= 15 is 0 Å². The molecule has 1 aromatic carbocycles. The second kappa shape index (κ2) is 3.88. The molecule has 0 saturated heterocycles. The van der Waals surface area contributed by atoms with Crippen LogP contribution in [0.2, 0.25) is 0 Å². The van der Waals surface area contributed by atoms with Gasteiger partial charge in [0.2, 0.25) is 5.82 Å². The maximum absolute atomic E-state index is 13.4. The molecule has 1 heterocycles. The van der Waals surface area contributed by atoms with Gasteiger partial charge in [-0.05, 0) is 18.6 Å².